The van der Waals surface area contributed by atoms with Crippen molar-refractivity contribution in [2.75, 3.05) is 30.0 Å². The van der Waals surface area contributed by atoms with Gasteiger partial charge >= 0.3 is 0 Å². The molecule has 0 unspecified atom stereocenters. The van der Waals surface area contributed by atoms with E-state index < -0.39 is 0 Å². The predicted molar refractivity (Wildman–Crippen MR) is 105 cm³/mol. The van der Waals surface area contributed by atoms with E-state index in [4.69, 9.17) is 5.73 Å². The highest BCUT2D eigenvalue weighted by Gasteiger charge is 2.08. The number of aromatic nitrogens is 1. The van der Waals surface area contributed by atoms with E-state index in [2.05, 4.69) is 20.8 Å². The van der Waals surface area contributed by atoms with Crippen molar-refractivity contribution in [3.63, 3.8) is 0 Å². The maximum atomic E-state index is 12.0. The van der Waals surface area contributed by atoms with E-state index in [-0.39, 0.29) is 24.7 Å². The van der Waals surface area contributed by atoms with Gasteiger partial charge in [0.1, 0.15) is 0 Å². The average molecular weight is 374 g/mol. The fourth-order valence-corrected chi connectivity index (χ4v) is 2.65. The minimum absolute atomic E-state index is 0.0827. The molecule has 0 saturated carbocycles. The number of benzene rings is 1. The van der Waals surface area contributed by atoms with Crippen molar-refractivity contribution < 1.29 is 9.59 Å². The number of carbonyl (C=O) groups is 2. The summed E-state index contributed by atoms with van der Waals surface area (Å²) in [5.74, 6) is -0.514. The minimum Gasteiger partial charge on any atom is -0.378 e. The van der Waals surface area contributed by atoms with Crippen LogP contribution in [0.1, 0.15) is 19.0 Å². The van der Waals surface area contributed by atoms with Crippen molar-refractivity contribution in [3.8, 4) is 0 Å². The molecule has 2 aromatic rings. The quantitative estimate of drug-likeness (QED) is 0.506. The number of nitrogens with one attached hydrogen (secondary N) is 2. The van der Waals surface area contributed by atoms with Crippen LogP contribution in [0.5, 0.6) is 0 Å². The second-order valence-electron chi connectivity index (χ2n) is 5.90. The summed E-state index contributed by atoms with van der Waals surface area (Å²) in [6.07, 6.45) is 0.175. The van der Waals surface area contributed by atoms with Gasteiger partial charge in [-0.1, -0.05) is 0 Å². The monoisotopic (exact) mass is 374 g/mol. The maximum Gasteiger partial charge on any atom is 0.246 e. The lowest BCUT2D eigenvalue weighted by Crippen LogP contribution is -2.23. The number of hydrogen-bond donors (Lipinski definition) is 3. The summed E-state index contributed by atoms with van der Waals surface area (Å²) in [6, 6.07) is 7.51. The lowest BCUT2D eigenvalue weighted by atomic mass is 10.2. The number of hydrazone groups is 1. The fourth-order valence-electron chi connectivity index (χ4n) is 2.09. The molecule has 2 rings (SSSR count). The number of nitrogen functional groups attached to an aromatic ring is 1. The summed E-state index contributed by atoms with van der Waals surface area (Å²) in [7, 11) is 3.90. The number of nitrogens with two attached hydrogens (primary N) is 1. The van der Waals surface area contributed by atoms with E-state index in [0.29, 0.717) is 22.2 Å². The smallest absolute Gasteiger partial charge is 0.246 e. The first-order chi connectivity index (χ1) is 12.3. The van der Waals surface area contributed by atoms with Crippen LogP contribution in [0.15, 0.2) is 34.7 Å². The van der Waals surface area contributed by atoms with Crippen LogP contribution in [0.3, 0.4) is 0 Å². The molecule has 0 bridgehead atoms. The zero-order chi connectivity index (χ0) is 19.1. The van der Waals surface area contributed by atoms with Gasteiger partial charge in [0.25, 0.3) is 0 Å². The van der Waals surface area contributed by atoms with Gasteiger partial charge in [-0.2, -0.15) is 5.10 Å². The SMILES string of the molecule is C/C(CC(=O)Nc1ccc(N(C)C)cc1)=N\NC(=O)Cc1csc(N)n1. The molecule has 8 nitrogen and oxygen atoms in total. The van der Waals surface area contributed by atoms with Crippen molar-refractivity contribution in [3.05, 3.63) is 35.3 Å². The zero-order valence-electron chi connectivity index (χ0n) is 14.9. The van der Waals surface area contributed by atoms with Gasteiger partial charge in [-0.25, -0.2) is 10.4 Å². The molecule has 0 aliphatic heterocycles. The lowest BCUT2D eigenvalue weighted by Gasteiger charge is -2.13. The molecule has 138 valence electrons. The maximum absolute atomic E-state index is 12.0. The van der Waals surface area contributed by atoms with Crippen LogP contribution in [0.4, 0.5) is 16.5 Å². The Morgan fingerprint density at radius 3 is 2.50 bits per heavy atom. The minimum atomic E-state index is -0.311. The molecule has 0 spiro atoms. The Labute approximate surface area is 156 Å². The third kappa shape index (κ3) is 6.17. The Kier molecular flexibility index (Phi) is 6.67. The first kappa shape index (κ1) is 19.4. The van der Waals surface area contributed by atoms with Crippen LogP contribution in [0.2, 0.25) is 0 Å². The molecule has 1 heterocycles. The van der Waals surface area contributed by atoms with E-state index in [1.807, 2.05) is 43.3 Å². The zero-order valence-corrected chi connectivity index (χ0v) is 15.8. The Morgan fingerprint density at radius 1 is 1.23 bits per heavy atom. The van der Waals surface area contributed by atoms with Crippen LogP contribution < -0.4 is 21.4 Å². The molecule has 0 saturated heterocycles. The fraction of sp³-hybridized carbons (Fsp3) is 0.294. The number of carbonyl (C=O) groups excluding carboxylic acids is 2. The van der Waals surface area contributed by atoms with Gasteiger partial charge < -0.3 is 16.0 Å². The summed E-state index contributed by atoms with van der Waals surface area (Å²) in [6.45, 7) is 1.68. The number of nitrogens with zero attached hydrogens (tertiary/aromatic N) is 3. The molecule has 0 aliphatic rings. The Morgan fingerprint density at radius 2 is 1.92 bits per heavy atom. The molecule has 0 fully saturated rings. The summed E-state index contributed by atoms with van der Waals surface area (Å²) < 4.78 is 0. The van der Waals surface area contributed by atoms with Gasteiger partial charge in [0.2, 0.25) is 11.8 Å². The van der Waals surface area contributed by atoms with E-state index in [0.717, 1.165) is 5.69 Å². The van der Waals surface area contributed by atoms with E-state index in [1.165, 1.54) is 11.3 Å². The third-order valence-corrected chi connectivity index (χ3v) is 4.09. The van der Waals surface area contributed by atoms with Crippen LogP contribution in [-0.2, 0) is 16.0 Å². The highest BCUT2D eigenvalue weighted by atomic mass is 32.1. The molecule has 1 aromatic carbocycles. The summed E-state index contributed by atoms with van der Waals surface area (Å²) in [4.78, 5) is 29.8. The highest BCUT2D eigenvalue weighted by molar-refractivity contribution is 7.13. The molecule has 2 amide bonds. The van der Waals surface area contributed by atoms with Crippen LogP contribution in [0.25, 0.3) is 0 Å². The molecule has 0 aliphatic carbocycles. The molecule has 1 aromatic heterocycles. The first-order valence-electron chi connectivity index (χ1n) is 7.92. The normalized spacial score (nSPS) is 11.1. The van der Waals surface area contributed by atoms with Crippen LogP contribution in [-0.4, -0.2) is 36.6 Å². The van der Waals surface area contributed by atoms with Gasteiger partial charge in [0.15, 0.2) is 5.13 Å². The molecular formula is C17H22N6O2S. The van der Waals surface area contributed by atoms with Crippen LogP contribution >= 0.6 is 11.3 Å². The molecule has 26 heavy (non-hydrogen) atoms. The van der Waals surface area contributed by atoms with Crippen LogP contribution in [0, 0.1) is 0 Å². The summed E-state index contributed by atoms with van der Waals surface area (Å²) in [5, 5.41) is 8.88. The van der Waals surface area contributed by atoms with Gasteiger partial charge in [-0.05, 0) is 31.2 Å². The molecule has 4 N–H and O–H groups in total. The Bertz CT molecular complexity index is 798. The standard InChI is InChI=1S/C17H22N6O2S/c1-11(21-22-16(25)9-13-10-26-17(18)20-13)8-15(24)19-12-4-6-14(7-5-12)23(2)3/h4-7,10H,8-9H2,1-3H3,(H2,18,20)(H,19,24)(H,22,25)/b21-11+. The van der Waals surface area contributed by atoms with E-state index >= 15 is 0 Å². The second-order valence-corrected chi connectivity index (χ2v) is 6.79. The predicted octanol–water partition coefficient (Wildman–Crippen LogP) is 1.85. The summed E-state index contributed by atoms with van der Waals surface area (Å²) in [5.41, 5.74) is 10.8. The van der Waals surface area contributed by atoms with Gasteiger partial charge in [0.05, 0.1) is 18.5 Å². The third-order valence-electron chi connectivity index (χ3n) is 3.37. The molecular weight excluding hydrogens is 352 g/mol. The topological polar surface area (TPSA) is 113 Å². The molecule has 9 heteroatoms. The lowest BCUT2D eigenvalue weighted by molar-refractivity contribution is -0.120. The summed E-state index contributed by atoms with van der Waals surface area (Å²) >= 11 is 1.28. The van der Waals surface area contributed by atoms with E-state index in [9.17, 15) is 9.59 Å². The highest BCUT2D eigenvalue weighted by Crippen LogP contribution is 2.15. The number of thiazole rings is 1. The Hall–Kier alpha value is -2.94. The van der Waals surface area contributed by atoms with E-state index in [1.54, 1.807) is 12.3 Å². The average Bonchev–Trinajstić information content (AvgIpc) is 2.98. The number of hydrogen-bond acceptors (Lipinski definition) is 7. The number of anilines is 3. The van der Waals surface area contributed by atoms with Gasteiger partial charge in [-0.3, -0.25) is 9.59 Å². The second kappa shape index (κ2) is 8.95. The van der Waals surface area contributed by atoms with Gasteiger partial charge in [0, 0.05) is 36.6 Å². The number of amides is 2. The van der Waals surface area contributed by atoms with Crippen molar-refractivity contribution in [1.82, 2.24) is 10.4 Å². The Balaban J connectivity index is 1.80. The largest absolute Gasteiger partial charge is 0.378 e. The molecule has 0 radical (unpaired) electrons. The number of rotatable bonds is 7. The van der Waals surface area contributed by atoms with Crippen molar-refractivity contribution >= 4 is 45.4 Å². The van der Waals surface area contributed by atoms with Crippen molar-refractivity contribution in [2.45, 2.75) is 19.8 Å². The van der Waals surface area contributed by atoms with Crippen molar-refractivity contribution in [2.24, 2.45) is 5.10 Å². The van der Waals surface area contributed by atoms with Crippen molar-refractivity contribution in [1.29, 1.82) is 0 Å². The first-order valence-corrected chi connectivity index (χ1v) is 8.80. The van der Waals surface area contributed by atoms with Gasteiger partial charge in [-0.15, -0.1) is 11.3 Å². The molecule has 0 atom stereocenters.